The van der Waals surface area contributed by atoms with Crippen LogP contribution < -0.4 is 15.4 Å². The number of aromatic nitrogens is 2. The number of hydrogen-bond acceptors (Lipinski definition) is 7. The van der Waals surface area contributed by atoms with E-state index in [0.29, 0.717) is 61.6 Å². The third kappa shape index (κ3) is 7.94. The zero-order valence-electron chi connectivity index (χ0n) is 24.7. The van der Waals surface area contributed by atoms with Crippen molar-refractivity contribution in [3.63, 3.8) is 0 Å². The molecule has 0 spiro atoms. The number of piperidine rings is 1. The number of alkyl halides is 4. The van der Waals surface area contributed by atoms with Gasteiger partial charge in [-0.25, -0.2) is 14.4 Å². The maximum atomic E-state index is 14.2. The molecule has 1 aromatic heterocycles. The van der Waals surface area contributed by atoms with Crippen molar-refractivity contribution in [2.75, 3.05) is 38.2 Å². The first-order valence-corrected chi connectivity index (χ1v) is 15.3. The van der Waals surface area contributed by atoms with Gasteiger partial charge in [0, 0.05) is 43.9 Å². The molecule has 5 rings (SSSR count). The van der Waals surface area contributed by atoms with E-state index in [9.17, 15) is 22.4 Å². The third-order valence-corrected chi connectivity index (χ3v) is 9.35. The number of halogens is 4. The van der Waals surface area contributed by atoms with Gasteiger partial charge >= 0.3 is 6.36 Å². The lowest BCUT2D eigenvalue weighted by molar-refractivity contribution is -0.274. The van der Waals surface area contributed by atoms with Gasteiger partial charge in [-0.1, -0.05) is 25.5 Å². The Bertz CT molecular complexity index is 1220. The van der Waals surface area contributed by atoms with Crippen LogP contribution in [0.3, 0.4) is 0 Å². The summed E-state index contributed by atoms with van der Waals surface area (Å²) in [7, 11) is 0. The van der Waals surface area contributed by atoms with Gasteiger partial charge in [0.05, 0.1) is 6.61 Å². The maximum Gasteiger partial charge on any atom is 0.573 e. The summed E-state index contributed by atoms with van der Waals surface area (Å²) in [6.07, 6.45) is 0.881. The molecular formula is C31H41F4N5O3. The SMILES string of the molecule is Cc1c(NC[C@H]2CCC[C@@H](c3ccc(OC(F)(F)F)cc3)[C@H]2C)ncnc1C(=O)N1CCC(N[C@H]2CCOC[C@H]2F)CC1. The smallest absolute Gasteiger partial charge is 0.406 e. The molecule has 3 aliphatic rings. The molecule has 8 nitrogen and oxygen atoms in total. The molecule has 236 valence electrons. The number of carbonyl (C=O) groups is 1. The predicted octanol–water partition coefficient (Wildman–Crippen LogP) is 5.64. The van der Waals surface area contributed by atoms with E-state index < -0.39 is 12.5 Å². The van der Waals surface area contributed by atoms with Gasteiger partial charge in [0.1, 0.15) is 29.8 Å². The summed E-state index contributed by atoms with van der Waals surface area (Å²) in [6, 6.07) is 6.19. The molecule has 43 heavy (non-hydrogen) atoms. The number of amides is 1. The Kier molecular flexibility index (Phi) is 10.1. The highest BCUT2D eigenvalue weighted by atomic mass is 19.4. The van der Waals surface area contributed by atoms with Gasteiger partial charge in [-0.15, -0.1) is 13.2 Å². The Balaban J connectivity index is 1.15. The number of hydrogen-bond donors (Lipinski definition) is 2. The van der Waals surface area contributed by atoms with E-state index in [1.807, 2.05) is 11.8 Å². The number of anilines is 1. The second kappa shape index (κ2) is 13.8. The van der Waals surface area contributed by atoms with Crippen molar-refractivity contribution >= 4 is 11.7 Å². The molecule has 0 unspecified atom stereocenters. The monoisotopic (exact) mass is 607 g/mol. The van der Waals surface area contributed by atoms with Gasteiger partial charge in [0.25, 0.3) is 5.91 Å². The molecule has 1 aliphatic carbocycles. The highest BCUT2D eigenvalue weighted by molar-refractivity contribution is 5.94. The van der Waals surface area contributed by atoms with Crippen molar-refractivity contribution in [1.82, 2.24) is 20.2 Å². The lowest BCUT2D eigenvalue weighted by atomic mass is 9.70. The molecular weight excluding hydrogens is 566 g/mol. The number of nitrogens with one attached hydrogen (secondary N) is 2. The Morgan fingerprint density at radius 3 is 2.53 bits per heavy atom. The normalized spacial score (nSPS) is 27.1. The van der Waals surface area contributed by atoms with Crippen LogP contribution >= 0.6 is 0 Å². The van der Waals surface area contributed by atoms with Gasteiger partial charge in [0.2, 0.25) is 0 Å². The van der Waals surface area contributed by atoms with Crippen LogP contribution in [0, 0.1) is 18.8 Å². The Morgan fingerprint density at radius 2 is 1.84 bits per heavy atom. The van der Waals surface area contributed by atoms with Crippen molar-refractivity contribution in [3.8, 4) is 5.75 Å². The third-order valence-electron chi connectivity index (χ3n) is 9.35. The number of likely N-dealkylation sites (tertiary alicyclic amines) is 1. The topological polar surface area (TPSA) is 88.6 Å². The Morgan fingerprint density at radius 1 is 1.09 bits per heavy atom. The van der Waals surface area contributed by atoms with Crippen molar-refractivity contribution in [3.05, 3.63) is 47.4 Å². The van der Waals surface area contributed by atoms with Crippen LogP contribution in [-0.2, 0) is 4.74 Å². The molecule has 3 fully saturated rings. The molecule has 2 saturated heterocycles. The van der Waals surface area contributed by atoms with Crippen LogP contribution in [0.15, 0.2) is 30.6 Å². The summed E-state index contributed by atoms with van der Waals surface area (Å²) in [5.74, 6) is 1.13. The minimum Gasteiger partial charge on any atom is -0.406 e. The van der Waals surface area contributed by atoms with E-state index in [-0.39, 0.29) is 36.3 Å². The maximum absolute atomic E-state index is 14.2. The van der Waals surface area contributed by atoms with Gasteiger partial charge in [-0.3, -0.25) is 4.79 Å². The molecule has 1 amide bonds. The van der Waals surface area contributed by atoms with Crippen LogP contribution in [-0.4, -0.2) is 78.2 Å². The molecule has 2 N–H and O–H groups in total. The fourth-order valence-electron chi connectivity index (χ4n) is 6.79. The van der Waals surface area contributed by atoms with Crippen LogP contribution in [0.1, 0.15) is 73.0 Å². The van der Waals surface area contributed by atoms with Crippen molar-refractivity contribution in [2.24, 2.45) is 11.8 Å². The first-order valence-electron chi connectivity index (χ1n) is 15.3. The highest BCUT2D eigenvalue weighted by Gasteiger charge is 2.34. The second-order valence-electron chi connectivity index (χ2n) is 12.1. The molecule has 0 bridgehead atoms. The second-order valence-corrected chi connectivity index (χ2v) is 12.1. The van der Waals surface area contributed by atoms with Gasteiger partial charge in [-0.2, -0.15) is 0 Å². The van der Waals surface area contributed by atoms with Crippen LogP contribution in [0.5, 0.6) is 5.75 Å². The molecule has 5 atom stereocenters. The summed E-state index contributed by atoms with van der Waals surface area (Å²) in [6.45, 7) is 6.56. The van der Waals surface area contributed by atoms with Crippen molar-refractivity contribution < 1.29 is 31.8 Å². The quantitative estimate of drug-likeness (QED) is 0.376. The van der Waals surface area contributed by atoms with E-state index >= 15 is 0 Å². The fourth-order valence-corrected chi connectivity index (χ4v) is 6.79. The summed E-state index contributed by atoms with van der Waals surface area (Å²) >= 11 is 0. The summed E-state index contributed by atoms with van der Waals surface area (Å²) in [5, 5.41) is 6.88. The lowest BCUT2D eigenvalue weighted by Gasteiger charge is -2.37. The number of carbonyl (C=O) groups excluding carboxylic acids is 1. The standard InChI is InChI=1S/C31H41F4N5O3/c1-19-22(4-3-5-25(19)21-6-8-24(9-7-21)43-31(33,34)35)16-36-29-20(2)28(37-18-38-29)30(41)40-13-10-23(11-14-40)39-27-12-15-42-17-26(27)32/h6-9,18-19,22-23,25-27,39H,3-5,10-17H2,1-2H3,(H,36,37,38)/t19-,22+,25+,26+,27-/m0/s1. The van der Waals surface area contributed by atoms with E-state index in [1.54, 1.807) is 12.1 Å². The first kappa shape index (κ1) is 31.4. The predicted molar refractivity (Wildman–Crippen MR) is 154 cm³/mol. The molecule has 3 heterocycles. The molecule has 12 heteroatoms. The Hall–Kier alpha value is -2.99. The molecule has 2 aliphatic heterocycles. The number of rotatable bonds is 8. The minimum atomic E-state index is -4.71. The van der Waals surface area contributed by atoms with Crippen LogP contribution in [0.2, 0.25) is 0 Å². The largest absolute Gasteiger partial charge is 0.573 e. The van der Waals surface area contributed by atoms with Crippen molar-refractivity contribution in [2.45, 2.75) is 82.9 Å². The zero-order valence-corrected chi connectivity index (χ0v) is 24.7. The lowest BCUT2D eigenvalue weighted by Crippen LogP contribution is -2.52. The van der Waals surface area contributed by atoms with Gasteiger partial charge in [0.15, 0.2) is 0 Å². The average molecular weight is 608 g/mol. The molecule has 1 aromatic carbocycles. The molecule has 0 radical (unpaired) electrons. The van der Waals surface area contributed by atoms with E-state index in [4.69, 9.17) is 4.74 Å². The first-order chi connectivity index (χ1) is 20.6. The molecule has 2 aromatic rings. The van der Waals surface area contributed by atoms with Crippen LogP contribution in [0.4, 0.5) is 23.4 Å². The van der Waals surface area contributed by atoms with E-state index in [1.165, 1.54) is 18.5 Å². The minimum absolute atomic E-state index is 0.125. The number of benzene rings is 1. The number of ether oxygens (including phenoxy) is 2. The summed E-state index contributed by atoms with van der Waals surface area (Å²) < 4.78 is 61.0. The van der Waals surface area contributed by atoms with Gasteiger partial charge < -0.3 is 25.0 Å². The fraction of sp³-hybridized carbons (Fsp3) is 0.645. The van der Waals surface area contributed by atoms with E-state index in [2.05, 4.69) is 32.3 Å². The summed E-state index contributed by atoms with van der Waals surface area (Å²) in [4.78, 5) is 24.0. The highest BCUT2D eigenvalue weighted by Crippen LogP contribution is 2.42. The zero-order chi connectivity index (χ0) is 30.6. The van der Waals surface area contributed by atoms with E-state index in [0.717, 1.165) is 37.7 Å². The average Bonchev–Trinajstić information content (AvgIpc) is 2.98. The molecule has 1 saturated carbocycles. The van der Waals surface area contributed by atoms with Gasteiger partial charge in [-0.05, 0) is 74.5 Å². The summed E-state index contributed by atoms with van der Waals surface area (Å²) in [5.41, 5.74) is 2.09. The Labute approximate surface area is 249 Å². The van der Waals surface area contributed by atoms with Crippen molar-refractivity contribution in [1.29, 1.82) is 0 Å². The number of nitrogens with zero attached hydrogens (tertiary/aromatic N) is 3. The van der Waals surface area contributed by atoms with Crippen LogP contribution in [0.25, 0.3) is 0 Å².